The maximum atomic E-state index is 11.1. The fraction of sp³-hybridized carbons (Fsp3) is 0.917. The van der Waals surface area contributed by atoms with Crippen molar-refractivity contribution in [2.45, 2.75) is 32.7 Å². The van der Waals surface area contributed by atoms with E-state index in [-0.39, 0.29) is 5.91 Å². The van der Waals surface area contributed by atoms with E-state index in [1.807, 2.05) is 0 Å². The SMILES string of the molecule is CNC(=O)CNC1CCN(CC(C)C)CC1. The van der Waals surface area contributed by atoms with Crippen LogP contribution >= 0.6 is 0 Å². The van der Waals surface area contributed by atoms with Crippen molar-refractivity contribution in [1.29, 1.82) is 0 Å². The molecule has 1 heterocycles. The molecule has 0 aromatic carbocycles. The van der Waals surface area contributed by atoms with Crippen LogP contribution < -0.4 is 10.6 Å². The lowest BCUT2D eigenvalue weighted by Crippen LogP contribution is -2.46. The van der Waals surface area contributed by atoms with E-state index in [2.05, 4.69) is 29.4 Å². The molecule has 0 atom stereocenters. The molecule has 1 aliphatic heterocycles. The Morgan fingerprint density at radius 1 is 1.38 bits per heavy atom. The predicted molar refractivity (Wildman–Crippen MR) is 66.4 cm³/mol. The lowest BCUT2D eigenvalue weighted by atomic mass is 10.0. The van der Waals surface area contributed by atoms with Crippen molar-refractivity contribution in [3.8, 4) is 0 Å². The van der Waals surface area contributed by atoms with Crippen LogP contribution in [0.4, 0.5) is 0 Å². The smallest absolute Gasteiger partial charge is 0.233 e. The van der Waals surface area contributed by atoms with Gasteiger partial charge in [-0.25, -0.2) is 0 Å². The molecule has 4 heteroatoms. The standard InChI is InChI=1S/C12H25N3O/c1-10(2)9-15-6-4-11(5-7-15)14-8-12(16)13-3/h10-11,14H,4-9H2,1-3H3,(H,13,16). The molecule has 0 radical (unpaired) electrons. The van der Waals surface area contributed by atoms with Crippen molar-refractivity contribution in [2.24, 2.45) is 5.92 Å². The van der Waals surface area contributed by atoms with Crippen molar-refractivity contribution in [3.05, 3.63) is 0 Å². The van der Waals surface area contributed by atoms with Gasteiger partial charge in [0.1, 0.15) is 0 Å². The summed E-state index contributed by atoms with van der Waals surface area (Å²) in [5.74, 6) is 0.819. The molecular formula is C12H25N3O. The zero-order valence-corrected chi connectivity index (χ0v) is 10.8. The fourth-order valence-corrected chi connectivity index (χ4v) is 2.16. The van der Waals surface area contributed by atoms with Crippen LogP contribution in [-0.4, -0.2) is 50.1 Å². The summed E-state index contributed by atoms with van der Waals surface area (Å²) in [7, 11) is 1.68. The van der Waals surface area contributed by atoms with Crippen LogP contribution in [0.25, 0.3) is 0 Å². The Balaban J connectivity index is 2.14. The van der Waals surface area contributed by atoms with Crippen molar-refractivity contribution in [3.63, 3.8) is 0 Å². The van der Waals surface area contributed by atoms with Gasteiger partial charge in [-0.2, -0.15) is 0 Å². The van der Waals surface area contributed by atoms with E-state index >= 15 is 0 Å². The summed E-state index contributed by atoms with van der Waals surface area (Å²) in [5, 5.41) is 5.94. The molecule has 2 N–H and O–H groups in total. The van der Waals surface area contributed by atoms with E-state index in [1.54, 1.807) is 7.05 Å². The molecule has 0 aromatic heterocycles. The van der Waals surface area contributed by atoms with Crippen LogP contribution in [-0.2, 0) is 4.79 Å². The minimum atomic E-state index is 0.0737. The second-order valence-electron chi connectivity index (χ2n) is 5.02. The van der Waals surface area contributed by atoms with Gasteiger partial charge in [0.25, 0.3) is 0 Å². The first-order chi connectivity index (χ1) is 7.61. The highest BCUT2D eigenvalue weighted by atomic mass is 16.1. The molecule has 4 nitrogen and oxygen atoms in total. The molecule has 0 spiro atoms. The van der Waals surface area contributed by atoms with Crippen LogP contribution in [0.2, 0.25) is 0 Å². The topological polar surface area (TPSA) is 44.4 Å². The summed E-state index contributed by atoms with van der Waals surface area (Å²) >= 11 is 0. The number of hydrogen-bond donors (Lipinski definition) is 2. The van der Waals surface area contributed by atoms with Crippen LogP contribution in [0.1, 0.15) is 26.7 Å². The zero-order chi connectivity index (χ0) is 12.0. The lowest BCUT2D eigenvalue weighted by molar-refractivity contribution is -0.119. The molecule has 0 aliphatic carbocycles. The third-order valence-corrected chi connectivity index (χ3v) is 3.04. The Kier molecular flexibility index (Phi) is 5.77. The quantitative estimate of drug-likeness (QED) is 0.716. The van der Waals surface area contributed by atoms with Gasteiger partial charge in [0.15, 0.2) is 0 Å². The highest BCUT2D eigenvalue weighted by molar-refractivity contribution is 5.77. The minimum absolute atomic E-state index is 0.0737. The number of likely N-dealkylation sites (tertiary alicyclic amines) is 1. The Morgan fingerprint density at radius 3 is 2.50 bits per heavy atom. The molecule has 1 rings (SSSR count). The molecule has 1 aliphatic rings. The van der Waals surface area contributed by atoms with Gasteiger partial charge in [-0.3, -0.25) is 4.79 Å². The van der Waals surface area contributed by atoms with E-state index in [0.717, 1.165) is 31.8 Å². The van der Waals surface area contributed by atoms with Crippen LogP contribution in [0.15, 0.2) is 0 Å². The van der Waals surface area contributed by atoms with Gasteiger partial charge in [-0.05, 0) is 31.8 Å². The Bertz CT molecular complexity index is 210. The van der Waals surface area contributed by atoms with Gasteiger partial charge in [-0.15, -0.1) is 0 Å². The second-order valence-corrected chi connectivity index (χ2v) is 5.02. The van der Waals surface area contributed by atoms with Gasteiger partial charge < -0.3 is 15.5 Å². The van der Waals surface area contributed by atoms with Crippen LogP contribution in [0.3, 0.4) is 0 Å². The second kappa shape index (κ2) is 6.86. The van der Waals surface area contributed by atoms with Gasteiger partial charge >= 0.3 is 0 Å². The molecule has 0 unspecified atom stereocenters. The number of likely N-dealkylation sites (N-methyl/N-ethyl adjacent to an activating group) is 1. The van der Waals surface area contributed by atoms with Crippen molar-refractivity contribution >= 4 is 5.91 Å². The monoisotopic (exact) mass is 227 g/mol. The van der Waals surface area contributed by atoms with E-state index in [4.69, 9.17) is 0 Å². The molecule has 1 amide bonds. The molecule has 1 fully saturated rings. The zero-order valence-electron chi connectivity index (χ0n) is 10.8. The van der Waals surface area contributed by atoms with Gasteiger partial charge in [-0.1, -0.05) is 13.8 Å². The average molecular weight is 227 g/mol. The predicted octanol–water partition coefficient (Wildman–Crippen LogP) is 0.442. The largest absolute Gasteiger partial charge is 0.358 e. The highest BCUT2D eigenvalue weighted by Gasteiger charge is 2.19. The first-order valence-electron chi connectivity index (χ1n) is 6.28. The van der Waals surface area contributed by atoms with Gasteiger partial charge in [0.05, 0.1) is 6.54 Å². The summed E-state index contributed by atoms with van der Waals surface area (Å²) in [5.41, 5.74) is 0. The molecule has 94 valence electrons. The molecular weight excluding hydrogens is 202 g/mol. The summed E-state index contributed by atoms with van der Waals surface area (Å²) in [4.78, 5) is 13.6. The van der Waals surface area contributed by atoms with Crippen molar-refractivity contribution in [2.75, 3.05) is 33.2 Å². The van der Waals surface area contributed by atoms with E-state index < -0.39 is 0 Å². The molecule has 16 heavy (non-hydrogen) atoms. The Labute approximate surface area is 98.8 Å². The third kappa shape index (κ3) is 4.94. The maximum Gasteiger partial charge on any atom is 0.233 e. The normalized spacial score (nSPS) is 19.0. The number of piperidine rings is 1. The van der Waals surface area contributed by atoms with Crippen LogP contribution in [0, 0.1) is 5.92 Å². The van der Waals surface area contributed by atoms with Gasteiger partial charge in [0, 0.05) is 19.6 Å². The molecule has 0 bridgehead atoms. The molecule has 0 aromatic rings. The van der Waals surface area contributed by atoms with Gasteiger partial charge in [0.2, 0.25) is 5.91 Å². The number of amides is 1. The Hall–Kier alpha value is -0.610. The van der Waals surface area contributed by atoms with E-state index in [0.29, 0.717) is 12.6 Å². The summed E-state index contributed by atoms with van der Waals surface area (Å²) in [6.07, 6.45) is 2.31. The van der Waals surface area contributed by atoms with E-state index in [1.165, 1.54) is 6.54 Å². The minimum Gasteiger partial charge on any atom is -0.358 e. The van der Waals surface area contributed by atoms with E-state index in [9.17, 15) is 4.79 Å². The number of nitrogens with zero attached hydrogens (tertiary/aromatic N) is 1. The van der Waals surface area contributed by atoms with Crippen molar-refractivity contribution in [1.82, 2.24) is 15.5 Å². The average Bonchev–Trinajstić information content (AvgIpc) is 2.27. The van der Waals surface area contributed by atoms with Crippen molar-refractivity contribution < 1.29 is 4.79 Å². The third-order valence-electron chi connectivity index (χ3n) is 3.04. The number of rotatable bonds is 5. The maximum absolute atomic E-state index is 11.1. The summed E-state index contributed by atoms with van der Waals surface area (Å²) in [6, 6.07) is 0.515. The number of carbonyl (C=O) groups excluding carboxylic acids is 1. The fourth-order valence-electron chi connectivity index (χ4n) is 2.16. The highest BCUT2D eigenvalue weighted by Crippen LogP contribution is 2.11. The van der Waals surface area contributed by atoms with Crippen LogP contribution in [0.5, 0.6) is 0 Å². The summed E-state index contributed by atoms with van der Waals surface area (Å²) < 4.78 is 0. The molecule has 1 saturated heterocycles. The Morgan fingerprint density at radius 2 is 2.00 bits per heavy atom. The first-order valence-corrected chi connectivity index (χ1v) is 6.28. The summed E-state index contributed by atoms with van der Waals surface area (Å²) in [6.45, 7) is 8.48. The molecule has 0 saturated carbocycles. The lowest BCUT2D eigenvalue weighted by Gasteiger charge is -2.33. The number of hydrogen-bond acceptors (Lipinski definition) is 3. The number of nitrogens with one attached hydrogen (secondary N) is 2. The number of carbonyl (C=O) groups is 1. The first kappa shape index (κ1) is 13.5.